The van der Waals surface area contributed by atoms with Crippen LogP contribution in [0.3, 0.4) is 0 Å². The Morgan fingerprint density at radius 2 is 2.31 bits per heavy atom. The first-order valence-corrected chi connectivity index (χ1v) is 6.15. The largest absolute Gasteiger partial charge is 0.332 e. The Balaban J connectivity index is 2.17. The quantitative estimate of drug-likeness (QED) is 0.817. The van der Waals surface area contributed by atoms with Gasteiger partial charge in [0, 0.05) is 6.20 Å². The Morgan fingerprint density at radius 1 is 1.50 bits per heavy atom. The number of Topliss-reactive ketones (excluding diaryl/α,β-unsaturated/α-hetero) is 1. The van der Waals surface area contributed by atoms with Crippen LogP contribution in [0.15, 0.2) is 34.2 Å². The van der Waals surface area contributed by atoms with Gasteiger partial charge >= 0.3 is 0 Å². The summed E-state index contributed by atoms with van der Waals surface area (Å²) in [5.74, 6) is 0.0170. The Morgan fingerprint density at radius 3 is 2.94 bits per heavy atom. The van der Waals surface area contributed by atoms with Gasteiger partial charge in [-0.15, -0.1) is 11.3 Å². The van der Waals surface area contributed by atoms with Crippen LogP contribution in [-0.4, -0.2) is 10.4 Å². The molecule has 0 saturated carbocycles. The number of rotatable bonds is 3. The molecule has 3 nitrogen and oxygen atoms in total. The van der Waals surface area contributed by atoms with Crippen LogP contribution in [0.5, 0.6) is 0 Å². The Hall–Kier alpha value is -1.38. The molecule has 0 aliphatic rings. The van der Waals surface area contributed by atoms with Crippen molar-refractivity contribution in [3.8, 4) is 6.07 Å². The van der Waals surface area contributed by atoms with Gasteiger partial charge in [0.2, 0.25) is 0 Å². The average Bonchev–Trinajstić information content (AvgIpc) is 2.86. The summed E-state index contributed by atoms with van der Waals surface area (Å²) in [6, 6.07) is 9.13. The van der Waals surface area contributed by atoms with E-state index in [1.54, 1.807) is 29.0 Å². The van der Waals surface area contributed by atoms with E-state index in [0.29, 0.717) is 10.6 Å². The van der Waals surface area contributed by atoms with E-state index in [0.717, 1.165) is 3.79 Å². The highest BCUT2D eigenvalue weighted by atomic mass is 79.9. The fourth-order valence-electron chi connectivity index (χ4n) is 1.35. The van der Waals surface area contributed by atoms with Gasteiger partial charge < -0.3 is 4.57 Å². The van der Waals surface area contributed by atoms with Crippen LogP contribution in [0, 0.1) is 11.3 Å². The second kappa shape index (κ2) is 4.64. The van der Waals surface area contributed by atoms with E-state index in [1.807, 2.05) is 12.1 Å². The molecule has 5 heteroatoms. The van der Waals surface area contributed by atoms with Gasteiger partial charge in [0.05, 0.1) is 15.2 Å². The number of thiophene rings is 1. The van der Waals surface area contributed by atoms with Crippen molar-refractivity contribution in [1.29, 1.82) is 5.26 Å². The van der Waals surface area contributed by atoms with E-state index in [-0.39, 0.29) is 12.3 Å². The maximum atomic E-state index is 11.9. The number of halogens is 1. The zero-order valence-electron chi connectivity index (χ0n) is 8.18. The van der Waals surface area contributed by atoms with Gasteiger partial charge in [0.1, 0.15) is 11.8 Å². The highest BCUT2D eigenvalue weighted by molar-refractivity contribution is 9.11. The van der Waals surface area contributed by atoms with Crippen LogP contribution in [0.2, 0.25) is 0 Å². The third-order valence-corrected chi connectivity index (χ3v) is 3.77. The monoisotopic (exact) mass is 294 g/mol. The summed E-state index contributed by atoms with van der Waals surface area (Å²) in [5.41, 5.74) is 0.504. The summed E-state index contributed by atoms with van der Waals surface area (Å²) >= 11 is 4.72. The van der Waals surface area contributed by atoms with E-state index in [4.69, 9.17) is 5.26 Å². The molecule has 2 aromatic heterocycles. The van der Waals surface area contributed by atoms with Gasteiger partial charge in [-0.2, -0.15) is 5.26 Å². The van der Waals surface area contributed by atoms with Crippen molar-refractivity contribution in [2.45, 2.75) is 6.54 Å². The van der Waals surface area contributed by atoms with E-state index < -0.39 is 0 Å². The Bertz CT molecular complexity index is 565. The lowest BCUT2D eigenvalue weighted by atomic mass is 10.3. The molecule has 0 aliphatic heterocycles. The number of carbonyl (C=O) groups is 1. The van der Waals surface area contributed by atoms with Crippen LogP contribution in [0.25, 0.3) is 0 Å². The number of hydrogen-bond acceptors (Lipinski definition) is 3. The topological polar surface area (TPSA) is 45.8 Å². The molecule has 0 unspecified atom stereocenters. The molecule has 0 amide bonds. The summed E-state index contributed by atoms with van der Waals surface area (Å²) in [6.07, 6.45) is 1.74. The van der Waals surface area contributed by atoms with Gasteiger partial charge in [-0.25, -0.2) is 0 Å². The third kappa shape index (κ3) is 2.23. The van der Waals surface area contributed by atoms with Crippen molar-refractivity contribution in [3.63, 3.8) is 0 Å². The molecule has 0 saturated heterocycles. The standard InChI is InChI=1S/C11H7BrN2OS/c12-11-4-3-10(16-11)9(15)7-14-5-1-2-8(14)6-13/h1-5H,7H2. The first-order chi connectivity index (χ1) is 7.70. The van der Waals surface area contributed by atoms with Crippen LogP contribution in [-0.2, 0) is 6.54 Å². The number of hydrogen-bond donors (Lipinski definition) is 0. The zero-order chi connectivity index (χ0) is 11.5. The van der Waals surface area contributed by atoms with Crippen LogP contribution in [0.1, 0.15) is 15.4 Å². The normalized spacial score (nSPS) is 10.0. The van der Waals surface area contributed by atoms with Crippen molar-refractivity contribution in [2.24, 2.45) is 0 Å². The smallest absolute Gasteiger partial charge is 0.192 e. The minimum absolute atomic E-state index is 0.0170. The summed E-state index contributed by atoms with van der Waals surface area (Å²) in [6.45, 7) is 0.211. The molecule has 0 fully saturated rings. The van der Waals surface area contributed by atoms with E-state index in [2.05, 4.69) is 15.9 Å². The van der Waals surface area contributed by atoms with Gasteiger partial charge in [0.15, 0.2) is 5.78 Å². The summed E-state index contributed by atoms with van der Waals surface area (Å²) < 4.78 is 2.58. The van der Waals surface area contributed by atoms with Crippen molar-refractivity contribution < 1.29 is 4.79 Å². The second-order valence-corrected chi connectivity index (χ2v) is 5.62. The summed E-state index contributed by atoms with van der Waals surface area (Å²) in [7, 11) is 0. The zero-order valence-corrected chi connectivity index (χ0v) is 10.6. The SMILES string of the molecule is N#Cc1cccn1CC(=O)c1ccc(Br)s1. The van der Waals surface area contributed by atoms with E-state index in [9.17, 15) is 4.79 Å². The summed E-state index contributed by atoms with van der Waals surface area (Å²) in [4.78, 5) is 12.6. The molecule has 0 radical (unpaired) electrons. The molecule has 2 heterocycles. The first kappa shape index (κ1) is 11.1. The molecule has 16 heavy (non-hydrogen) atoms. The molecular formula is C11H7BrN2OS. The molecule has 0 aromatic carbocycles. The van der Waals surface area contributed by atoms with Gasteiger partial charge in [-0.3, -0.25) is 4.79 Å². The fourth-order valence-corrected chi connectivity index (χ4v) is 2.67. The second-order valence-electron chi connectivity index (χ2n) is 3.16. The molecule has 0 aliphatic carbocycles. The highest BCUT2D eigenvalue weighted by Crippen LogP contribution is 2.22. The van der Waals surface area contributed by atoms with E-state index >= 15 is 0 Å². The summed E-state index contributed by atoms with van der Waals surface area (Å²) in [5, 5.41) is 8.81. The molecule has 0 atom stereocenters. The van der Waals surface area contributed by atoms with Gasteiger partial charge in [0.25, 0.3) is 0 Å². The van der Waals surface area contributed by atoms with Crippen molar-refractivity contribution in [3.05, 3.63) is 44.8 Å². The molecule has 0 spiro atoms. The number of carbonyl (C=O) groups excluding carboxylic acids is 1. The van der Waals surface area contributed by atoms with Gasteiger partial charge in [-0.05, 0) is 40.2 Å². The Labute approximate surface area is 105 Å². The lowest BCUT2D eigenvalue weighted by Gasteiger charge is -2.01. The molecule has 80 valence electrons. The average molecular weight is 295 g/mol. The molecule has 0 N–H and O–H groups in total. The molecule has 2 aromatic rings. The molecular weight excluding hydrogens is 288 g/mol. The molecule has 0 bridgehead atoms. The Kier molecular flexibility index (Phi) is 3.22. The first-order valence-electron chi connectivity index (χ1n) is 4.54. The van der Waals surface area contributed by atoms with Crippen LogP contribution >= 0.6 is 27.3 Å². The number of ketones is 1. The fraction of sp³-hybridized carbons (Fsp3) is 0.0909. The number of nitrogens with zero attached hydrogens (tertiary/aromatic N) is 2. The predicted octanol–water partition coefficient (Wildman–Crippen LogP) is 3.07. The third-order valence-electron chi connectivity index (χ3n) is 2.11. The molecule has 2 rings (SSSR count). The maximum absolute atomic E-state index is 11.9. The predicted molar refractivity (Wildman–Crippen MR) is 65.5 cm³/mol. The number of nitriles is 1. The van der Waals surface area contributed by atoms with Gasteiger partial charge in [-0.1, -0.05) is 0 Å². The number of aromatic nitrogens is 1. The minimum atomic E-state index is 0.0170. The van der Waals surface area contributed by atoms with E-state index in [1.165, 1.54) is 11.3 Å². The van der Waals surface area contributed by atoms with Crippen LogP contribution in [0.4, 0.5) is 0 Å². The van der Waals surface area contributed by atoms with Crippen molar-refractivity contribution >= 4 is 33.0 Å². The lowest BCUT2D eigenvalue weighted by Crippen LogP contribution is -2.09. The lowest BCUT2D eigenvalue weighted by molar-refractivity contribution is 0.0976. The van der Waals surface area contributed by atoms with Crippen molar-refractivity contribution in [1.82, 2.24) is 4.57 Å². The van der Waals surface area contributed by atoms with Crippen molar-refractivity contribution in [2.75, 3.05) is 0 Å². The highest BCUT2D eigenvalue weighted by Gasteiger charge is 2.10. The minimum Gasteiger partial charge on any atom is -0.332 e. The van der Waals surface area contributed by atoms with Crippen LogP contribution < -0.4 is 0 Å². The maximum Gasteiger partial charge on any atom is 0.192 e.